The van der Waals surface area contributed by atoms with Crippen molar-refractivity contribution in [2.45, 2.75) is 38.5 Å². The molecule has 2 fully saturated rings. The van der Waals surface area contributed by atoms with Crippen LogP contribution in [0.4, 0.5) is 11.4 Å². The Morgan fingerprint density at radius 2 is 1.91 bits per heavy atom. The van der Waals surface area contributed by atoms with Gasteiger partial charge in [-0.3, -0.25) is 14.9 Å². The first-order chi connectivity index (χ1) is 11.0. The number of benzene rings is 1. The smallest absolute Gasteiger partial charge is 0.310 e. The summed E-state index contributed by atoms with van der Waals surface area (Å²) >= 11 is 0. The molecule has 1 N–H and O–H groups in total. The first-order valence-electron chi connectivity index (χ1n) is 8.23. The minimum absolute atomic E-state index is 0.0477. The van der Waals surface area contributed by atoms with Crippen LogP contribution in [-0.4, -0.2) is 29.1 Å². The van der Waals surface area contributed by atoms with Gasteiger partial charge >= 0.3 is 5.97 Å². The van der Waals surface area contributed by atoms with Crippen molar-refractivity contribution in [2.24, 2.45) is 11.8 Å². The molecule has 3 rings (SSSR count). The molecule has 1 aromatic carbocycles. The summed E-state index contributed by atoms with van der Waals surface area (Å²) in [5.74, 6) is -0.366. The Morgan fingerprint density at radius 1 is 1.30 bits per heavy atom. The van der Waals surface area contributed by atoms with Gasteiger partial charge in [0.1, 0.15) is 0 Å². The Morgan fingerprint density at radius 3 is 2.43 bits per heavy atom. The third kappa shape index (κ3) is 3.02. The average Bonchev–Trinajstić information content (AvgIpc) is 2.97. The molecule has 1 aliphatic heterocycles. The van der Waals surface area contributed by atoms with Crippen LogP contribution in [0.3, 0.4) is 0 Å². The molecule has 0 radical (unpaired) electrons. The summed E-state index contributed by atoms with van der Waals surface area (Å²) in [5.41, 5.74) is 1.35. The zero-order chi connectivity index (χ0) is 16.6. The predicted molar refractivity (Wildman–Crippen MR) is 86.8 cm³/mol. The molecule has 124 valence electrons. The van der Waals surface area contributed by atoms with E-state index < -0.39 is 16.8 Å². The van der Waals surface area contributed by atoms with Crippen LogP contribution in [-0.2, 0) is 4.79 Å². The van der Waals surface area contributed by atoms with Crippen LogP contribution in [0.25, 0.3) is 0 Å². The molecular formula is C17H22N2O4. The standard InChI is InChI=1S/C17H22N2O4/c1-11(17(20)21)15-8-14(19(22)23)6-7-16(15)18-9-12-4-2-3-5-13(12)10-18/h6-8,11-13H,2-5,9-10H2,1H3,(H,20,21). The van der Waals surface area contributed by atoms with Gasteiger partial charge in [-0.15, -0.1) is 0 Å². The molecule has 0 aromatic heterocycles. The summed E-state index contributed by atoms with van der Waals surface area (Å²) in [6.07, 6.45) is 5.01. The predicted octanol–water partition coefficient (Wildman–Crippen LogP) is 3.41. The lowest BCUT2D eigenvalue weighted by atomic mass is 9.82. The highest BCUT2D eigenvalue weighted by molar-refractivity contribution is 5.79. The first-order valence-corrected chi connectivity index (χ1v) is 8.23. The van der Waals surface area contributed by atoms with Gasteiger partial charge in [-0.2, -0.15) is 0 Å². The average molecular weight is 318 g/mol. The molecular weight excluding hydrogens is 296 g/mol. The highest BCUT2D eigenvalue weighted by Gasteiger charge is 2.36. The minimum atomic E-state index is -0.955. The zero-order valence-corrected chi connectivity index (χ0v) is 13.3. The fourth-order valence-electron chi connectivity index (χ4n) is 4.03. The molecule has 1 aliphatic carbocycles. The van der Waals surface area contributed by atoms with Crippen molar-refractivity contribution >= 4 is 17.3 Å². The fraction of sp³-hybridized carbons (Fsp3) is 0.588. The lowest BCUT2D eigenvalue weighted by molar-refractivity contribution is -0.384. The molecule has 1 saturated heterocycles. The van der Waals surface area contributed by atoms with Crippen LogP contribution in [0.1, 0.15) is 44.1 Å². The van der Waals surface area contributed by atoms with Gasteiger partial charge < -0.3 is 10.0 Å². The maximum absolute atomic E-state index is 11.4. The SMILES string of the molecule is CC(C(=O)O)c1cc([N+](=O)[O-])ccc1N1CC2CCCCC2C1. The molecule has 0 spiro atoms. The Kier molecular flexibility index (Phi) is 4.24. The number of carboxylic acids is 1. The Bertz CT molecular complexity index is 617. The Hall–Kier alpha value is -2.11. The summed E-state index contributed by atoms with van der Waals surface area (Å²) in [6.45, 7) is 3.46. The van der Waals surface area contributed by atoms with E-state index in [4.69, 9.17) is 0 Å². The number of nitro groups is 1. The number of non-ortho nitro benzene ring substituents is 1. The van der Waals surface area contributed by atoms with Gasteiger partial charge in [0.15, 0.2) is 0 Å². The van der Waals surface area contributed by atoms with Crippen molar-refractivity contribution < 1.29 is 14.8 Å². The lowest BCUT2D eigenvalue weighted by Crippen LogP contribution is -2.23. The van der Waals surface area contributed by atoms with Crippen molar-refractivity contribution in [2.75, 3.05) is 18.0 Å². The van der Waals surface area contributed by atoms with E-state index in [0.29, 0.717) is 17.4 Å². The lowest BCUT2D eigenvalue weighted by Gasteiger charge is -2.23. The molecule has 23 heavy (non-hydrogen) atoms. The molecule has 0 bridgehead atoms. The van der Waals surface area contributed by atoms with Gasteiger partial charge in [0.25, 0.3) is 5.69 Å². The molecule has 6 heteroatoms. The second-order valence-corrected chi connectivity index (χ2v) is 6.77. The number of anilines is 1. The van der Waals surface area contributed by atoms with E-state index in [-0.39, 0.29) is 5.69 Å². The van der Waals surface area contributed by atoms with Crippen LogP contribution in [0, 0.1) is 22.0 Å². The summed E-state index contributed by atoms with van der Waals surface area (Å²) in [4.78, 5) is 24.2. The number of hydrogen-bond acceptors (Lipinski definition) is 4. The van der Waals surface area contributed by atoms with E-state index in [1.165, 1.54) is 37.8 Å². The van der Waals surface area contributed by atoms with Crippen LogP contribution in [0.2, 0.25) is 0 Å². The van der Waals surface area contributed by atoms with Crippen LogP contribution >= 0.6 is 0 Å². The highest BCUT2D eigenvalue weighted by atomic mass is 16.6. The summed E-state index contributed by atoms with van der Waals surface area (Å²) in [7, 11) is 0. The molecule has 2 aliphatic rings. The minimum Gasteiger partial charge on any atom is -0.481 e. The largest absolute Gasteiger partial charge is 0.481 e. The number of fused-ring (bicyclic) bond motifs is 1. The molecule has 3 atom stereocenters. The normalized spacial score (nSPS) is 25.0. The van der Waals surface area contributed by atoms with Gasteiger partial charge in [0.2, 0.25) is 0 Å². The molecule has 3 unspecified atom stereocenters. The second kappa shape index (κ2) is 6.18. The number of nitro benzene ring substituents is 1. The quantitative estimate of drug-likeness (QED) is 0.679. The van der Waals surface area contributed by atoms with Gasteiger partial charge in [-0.25, -0.2) is 0 Å². The molecule has 1 heterocycles. The number of rotatable bonds is 4. The second-order valence-electron chi connectivity index (χ2n) is 6.77. The summed E-state index contributed by atoms with van der Waals surface area (Å²) in [6, 6.07) is 4.63. The first kappa shape index (κ1) is 15.8. The molecule has 1 saturated carbocycles. The highest BCUT2D eigenvalue weighted by Crippen LogP contribution is 2.41. The van der Waals surface area contributed by atoms with E-state index in [1.54, 1.807) is 13.0 Å². The van der Waals surface area contributed by atoms with E-state index in [1.807, 2.05) is 0 Å². The van der Waals surface area contributed by atoms with Gasteiger partial charge in [0, 0.05) is 30.9 Å². The van der Waals surface area contributed by atoms with Crippen molar-refractivity contribution in [1.29, 1.82) is 0 Å². The Balaban J connectivity index is 1.94. The van der Waals surface area contributed by atoms with E-state index in [2.05, 4.69) is 4.90 Å². The van der Waals surface area contributed by atoms with Crippen LogP contribution in [0.5, 0.6) is 0 Å². The van der Waals surface area contributed by atoms with Crippen LogP contribution in [0.15, 0.2) is 18.2 Å². The van der Waals surface area contributed by atoms with E-state index in [0.717, 1.165) is 18.8 Å². The number of nitrogens with zero attached hydrogens (tertiary/aromatic N) is 2. The van der Waals surface area contributed by atoms with Crippen molar-refractivity contribution in [1.82, 2.24) is 0 Å². The molecule has 6 nitrogen and oxygen atoms in total. The number of carbonyl (C=O) groups is 1. The van der Waals surface area contributed by atoms with Crippen molar-refractivity contribution in [3.05, 3.63) is 33.9 Å². The van der Waals surface area contributed by atoms with Crippen molar-refractivity contribution in [3.63, 3.8) is 0 Å². The van der Waals surface area contributed by atoms with Gasteiger partial charge in [0.05, 0.1) is 10.8 Å². The number of hydrogen-bond donors (Lipinski definition) is 1. The Labute approximate surface area is 135 Å². The van der Waals surface area contributed by atoms with Crippen LogP contribution < -0.4 is 4.90 Å². The maximum atomic E-state index is 11.4. The number of carboxylic acid groups (broad SMARTS) is 1. The van der Waals surface area contributed by atoms with E-state index >= 15 is 0 Å². The third-order valence-electron chi connectivity index (χ3n) is 5.38. The van der Waals surface area contributed by atoms with Gasteiger partial charge in [-0.1, -0.05) is 12.8 Å². The monoisotopic (exact) mass is 318 g/mol. The summed E-state index contributed by atoms with van der Waals surface area (Å²) in [5, 5.41) is 20.4. The zero-order valence-electron chi connectivity index (χ0n) is 13.3. The van der Waals surface area contributed by atoms with Crippen molar-refractivity contribution in [3.8, 4) is 0 Å². The summed E-state index contributed by atoms with van der Waals surface area (Å²) < 4.78 is 0. The topological polar surface area (TPSA) is 83.7 Å². The van der Waals surface area contributed by atoms with Gasteiger partial charge in [-0.05, 0) is 43.2 Å². The number of aliphatic carboxylic acids is 1. The fourth-order valence-corrected chi connectivity index (χ4v) is 4.03. The maximum Gasteiger partial charge on any atom is 0.310 e. The third-order valence-corrected chi connectivity index (χ3v) is 5.38. The van der Waals surface area contributed by atoms with E-state index in [9.17, 15) is 20.0 Å². The molecule has 0 amide bonds. The molecule has 1 aromatic rings.